The maximum Gasteiger partial charge on any atom is 0.270 e. The molecule has 0 bridgehead atoms. The quantitative estimate of drug-likeness (QED) is 0.861. The molecule has 0 saturated heterocycles. The Kier molecular flexibility index (Phi) is 4.35. The monoisotopic (exact) mass is 281 g/mol. The van der Waals surface area contributed by atoms with Crippen LogP contribution in [0.5, 0.6) is 0 Å². The second-order valence-corrected chi connectivity index (χ2v) is 7.08. The Hall–Kier alpha value is -0.590. The molecule has 0 aliphatic heterocycles. The molecule has 1 amide bonds. The highest BCUT2D eigenvalue weighted by Gasteiger charge is 2.17. The molecule has 1 heterocycles. The summed E-state index contributed by atoms with van der Waals surface area (Å²) in [7, 11) is 1.42. The van der Waals surface area contributed by atoms with Crippen molar-refractivity contribution in [1.29, 1.82) is 0 Å². The van der Waals surface area contributed by atoms with E-state index in [-0.39, 0.29) is 16.2 Å². The molecule has 0 aliphatic rings. The molecule has 4 nitrogen and oxygen atoms in total. The van der Waals surface area contributed by atoms with E-state index in [0.717, 1.165) is 17.8 Å². The van der Waals surface area contributed by atoms with Crippen molar-refractivity contribution in [2.75, 3.05) is 0 Å². The molecule has 1 unspecified atom stereocenters. The summed E-state index contributed by atoms with van der Waals surface area (Å²) >= 11 is 0.939. The van der Waals surface area contributed by atoms with Gasteiger partial charge in [-0.15, -0.1) is 11.3 Å². The number of thiophene rings is 1. The first kappa shape index (κ1) is 13.5. The Balaban J connectivity index is 2.83. The Bertz CT molecular complexity index is 481. The van der Waals surface area contributed by atoms with Crippen molar-refractivity contribution in [3.8, 4) is 0 Å². The van der Waals surface area contributed by atoms with Crippen LogP contribution in [0.3, 0.4) is 0 Å². The number of hydrogen-bond donors (Lipinski definition) is 1. The number of amides is 1. The van der Waals surface area contributed by atoms with E-state index in [1.54, 1.807) is 0 Å². The van der Waals surface area contributed by atoms with Crippen molar-refractivity contribution in [2.45, 2.75) is 30.5 Å². The summed E-state index contributed by atoms with van der Waals surface area (Å²) in [5, 5.41) is 4.22. The van der Waals surface area contributed by atoms with Crippen LogP contribution in [0.4, 0.5) is 0 Å². The van der Waals surface area contributed by atoms with Crippen molar-refractivity contribution in [1.82, 2.24) is 5.32 Å². The van der Waals surface area contributed by atoms with Crippen molar-refractivity contribution < 1.29 is 13.2 Å². The van der Waals surface area contributed by atoms with Gasteiger partial charge < -0.3 is 5.32 Å². The summed E-state index contributed by atoms with van der Waals surface area (Å²) < 4.78 is 22.0. The molecular weight excluding hydrogens is 270 g/mol. The van der Waals surface area contributed by atoms with Crippen molar-refractivity contribution in [3.63, 3.8) is 0 Å². The lowest BCUT2D eigenvalue weighted by atomic mass is 10.2. The smallest absolute Gasteiger partial charge is 0.270 e. The minimum absolute atomic E-state index is 0.0107. The number of carbonyl (C=O) groups excluding carboxylic acids is 1. The lowest BCUT2D eigenvalue weighted by Crippen LogP contribution is -2.31. The van der Waals surface area contributed by atoms with Gasteiger partial charge in [0.25, 0.3) is 15.0 Å². The van der Waals surface area contributed by atoms with E-state index in [1.165, 1.54) is 11.4 Å². The van der Waals surface area contributed by atoms with Gasteiger partial charge in [-0.3, -0.25) is 4.79 Å². The third-order valence-electron chi connectivity index (χ3n) is 2.07. The van der Waals surface area contributed by atoms with Gasteiger partial charge in [0.05, 0.1) is 5.56 Å². The van der Waals surface area contributed by atoms with Crippen LogP contribution in [0.25, 0.3) is 0 Å². The van der Waals surface area contributed by atoms with Gasteiger partial charge in [-0.1, -0.05) is 6.92 Å². The molecule has 0 saturated carbocycles. The maximum atomic E-state index is 11.6. The van der Waals surface area contributed by atoms with Crippen molar-refractivity contribution in [3.05, 3.63) is 17.0 Å². The van der Waals surface area contributed by atoms with E-state index in [0.29, 0.717) is 5.56 Å². The molecule has 0 radical (unpaired) electrons. The molecule has 1 aromatic rings. The fourth-order valence-electron chi connectivity index (χ4n) is 0.973. The molecule has 1 rings (SSSR count). The van der Waals surface area contributed by atoms with Gasteiger partial charge in [0.15, 0.2) is 0 Å². The number of carbonyl (C=O) groups is 1. The van der Waals surface area contributed by atoms with Crippen molar-refractivity contribution >= 4 is 37.0 Å². The molecule has 0 fully saturated rings. The van der Waals surface area contributed by atoms with E-state index in [4.69, 9.17) is 10.7 Å². The Labute approximate surface area is 103 Å². The largest absolute Gasteiger partial charge is 0.350 e. The van der Waals surface area contributed by atoms with Crippen LogP contribution in [0.1, 0.15) is 30.6 Å². The first-order chi connectivity index (χ1) is 7.34. The van der Waals surface area contributed by atoms with E-state index in [2.05, 4.69) is 5.32 Å². The first-order valence-electron chi connectivity index (χ1n) is 4.68. The fraction of sp³-hybridized carbons (Fsp3) is 0.444. The molecule has 16 heavy (non-hydrogen) atoms. The Morgan fingerprint density at radius 3 is 2.69 bits per heavy atom. The fourth-order valence-corrected chi connectivity index (χ4v) is 2.92. The molecule has 1 atom stereocenters. The van der Waals surface area contributed by atoms with E-state index >= 15 is 0 Å². The van der Waals surface area contributed by atoms with Crippen LogP contribution < -0.4 is 5.32 Å². The van der Waals surface area contributed by atoms with Crippen molar-refractivity contribution in [2.24, 2.45) is 0 Å². The minimum atomic E-state index is -3.74. The number of halogens is 1. The summed E-state index contributed by atoms with van der Waals surface area (Å²) in [4.78, 5) is 11.6. The molecule has 1 N–H and O–H groups in total. The lowest BCUT2D eigenvalue weighted by molar-refractivity contribution is 0.0939. The van der Waals surface area contributed by atoms with Gasteiger partial charge in [0.1, 0.15) is 4.21 Å². The van der Waals surface area contributed by atoms with Gasteiger partial charge in [-0.25, -0.2) is 8.42 Å². The average molecular weight is 282 g/mol. The lowest BCUT2D eigenvalue weighted by Gasteiger charge is -2.09. The van der Waals surface area contributed by atoms with Gasteiger partial charge in [-0.2, -0.15) is 0 Å². The van der Waals surface area contributed by atoms with Crippen LogP contribution in [0.2, 0.25) is 0 Å². The minimum Gasteiger partial charge on any atom is -0.350 e. The van der Waals surface area contributed by atoms with Crippen LogP contribution in [0.15, 0.2) is 15.7 Å². The standard InChI is InChI=1S/C9H12ClNO3S2/c1-3-6(2)11-9(12)7-4-8(15-5-7)16(10,13)14/h4-6H,3H2,1-2H3,(H,11,12). The Morgan fingerprint density at radius 2 is 2.25 bits per heavy atom. The highest BCUT2D eigenvalue weighted by atomic mass is 35.7. The van der Waals surface area contributed by atoms with E-state index in [1.807, 2.05) is 13.8 Å². The Morgan fingerprint density at radius 1 is 1.62 bits per heavy atom. The molecule has 1 aromatic heterocycles. The van der Waals surface area contributed by atoms with Crippen LogP contribution in [-0.2, 0) is 9.05 Å². The zero-order valence-corrected chi connectivity index (χ0v) is 11.2. The third kappa shape index (κ3) is 3.47. The van der Waals surface area contributed by atoms with E-state index in [9.17, 15) is 13.2 Å². The first-order valence-corrected chi connectivity index (χ1v) is 7.87. The SMILES string of the molecule is CCC(C)NC(=O)c1csc(S(=O)(=O)Cl)c1. The topological polar surface area (TPSA) is 63.2 Å². The summed E-state index contributed by atoms with van der Waals surface area (Å²) in [6.07, 6.45) is 0.816. The second kappa shape index (κ2) is 5.16. The summed E-state index contributed by atoms with van der Waals surface area (Å²) in [5.74, 6) is -0.280. The highest BCUT2D eigenvalue weighted by Crippen LogP contribution is 2.23. The number of nitrogens with one attached hydrogen (secondary N) is 1. The van der Waals surface area contributed by atoms with E-state index < -0.39 is 9.05 Å². The molecular formula is C9H12ClNO3S2. The molecule has 0 aromatic carbocycles. The summed E-state index contributed by atoms with van der Waals surface area (Å²) in [6, 6.07) is 1.34. The number of rotatable bonds is 4. The summed E-state index contributed by atoms with van der Waals surface area (Å²) in [5.41, 5.74) is 0.324. The predicted molar refractivity (Wildman–Crippen MR) is 64.6 cm³/mol. The molecule has 90 valence electrons. The third-order valence-corrected chi connectivity index (χ3v) is 5.11. The molecule has 7 heteroatoms. The van der Waals surface area contributed by atoms with Gasteiger partial charge >= 0.3 is 0 Å². The van der Waals surface area contributed by atoms with Crippen LogP contribution in [-0.4, -0.2) is 20.4 Å². The highest BCUT2D eigenvalue weighted by molar-refractivity contribution is 8.15. The maximum absolute atomic E-state index is 11.6. The zero-order chi connectivity index (χ0) is 12.3. The van der Waals surface area contributed by atoms with Gasteiger partial charge in [-0.05, 0) is 19.4 Å². The summed E-state index contributed by atoms with van der Waals surface area (Å²) in [6.45, 7) is 3.83. The molecule has 0 aliphatic carbocycles. The zero-order valence-electron chi connectivity index (χ0n) is 8.86. The van der Waals surface area contributed by atoms with Crippen LogP contribution >= 0.6 is 22.0 Å². The molecule has 0 spiro atoms. The van der Waals surface area contributed by atoms with Gasteiger partial charge in [0, 0.05) is 22.1 Å². The second-order valence-electron chi connectivity index (χ2n) is 3.38. The van der Waals surface area contributed by atoms with Crippen LogP contribution in [0, 0.1) is 0 Å². The average Bonchev–Trinajstić information content (AvgIpc) is 2.65. The van der Waals surface area contributed by atoms with Gasteiger partial charge in [0.2, 0.25) is 0 Å². The predicted octanol–water partition coefficient (Wildman–Crippen LogP) is 2.20. The number of hydrogen-bond acceptors (Lipinski definition) is 4. The normalized spacial score (nSPS) is 13.4.